The summed E-state index contributed by atoms with van der Waals surface area (Å²) in [5, 5.41) is 13.6. The summed E-state index contributed by atoms with van der Waals surface area (Å²) in [6.07, 6.45) is 0.821. The Morgan fingerprint density at radius 1 is 1.06 bits per heavy atom. The smallest absolute Gasteiger partial charge is 0.337 e. The van der Waals surface area contributed by atoms with Crippen LogP contribution in [0.1, 0.15) is 40.2 Å². The summed E-state index contributed by atoms with van der Waals surface area (Å²) in [6, 6.07) is 17.8. The van der Waals surface area contributed by atoms with Crippen LogP contribution in [0.3, 0.4) is 0 Å². The van der Waals surface area contributed by atoms with Gasteiger partial charge >= 0.3 is 11.9 Å². The van der Waals surface area contributed by atoms with Crippen LogP contribution >= 0.6 is 11.6 Å². The Bertz CT molecular complexity index is 1330. The molecule has 0 aliphatic carbocycles. The predicted octanol–water partition coefficient (Wildman–Crippen LogP) is 5.91. The molecule has 4 rings (SSSR count). The first-order valence-corrected chi connectivity index (χ1v) is 10.9. The van der Waals surface area contributed by atoms with Crippen molar-refractivity contribution < 1.29 is 24.0 Å². The Balaban J connectivity index is 1.50. The maximum absolute atomic E-state index is 12.7. The van der Waals surface area contributed by atoms with Gasteiger partial charge in [-0.2, -0.15) is 0 Å². The number of aromatic carboxylic acids is 1. The van der Waals surface area contributed by atoms with E-state index in [1.807, 2.05) is 42.5 Å². The maximum Gasteiger partial charge on any atom is 0.337 e. The fourth-order valence-corrected chi connectivity index (χ4v) is 3.85. The molecule has 7 nitrogen and oxygen atoms in total. The molecule has 172 valence electrons. The summed E-state index contributed by atoms with van der Waals surface area (Å²) < 4.78 is 11.1. The first-order chi connectivity index (χ1) is 16.3. The SMILES string of the molecule is Cc1noc(-c2ccc(-c3ccc(C(=O)O)cn3)cc2)c1CC(=O)OC(C)c1ccccc1Cl. The number of hydrogen-bond acceptors (Lipinski definition) is 6. The number of aryl methyl sites for hydroxylation is 1. The molecule has 1 unspecified atom stereocenters. The molecule has 1 atom stereocenters. The predicted molar refractivity (Wildman–Crippen MR) is 127 cm³/mol. The molecule has 2 heterocycles. The molecule has 0 radical (unpaired) electrons. The number of carbonyl (C=O) groups is 2. The highest BCUT2D eigenvalue weighted by Crippen LogP contribution is 2.30. The highest BCUT2D eigenvalue weighted by atomic mass is 35.5. The first-order valence-electron chi connectivity index (χ1n) is 10.5. The Morgan fingerprint density at radius 2 is 1.76 bits per heavy atom. The molecule has 0 fully saturated rings. The fraction of sp³-hybridized carbons (Fsp3) is 0.154. The van der Waals surface area contributed by atoms with E-state index in [1.54, 1.807) is 26.0 Å². The van der Waals surface area contributed by atoms with Crippen molar-refractivity contribution >= 4 is 23.5 Å². The van der Waals surface area contributed by atoms with Gasteiger partial charge in [0.15, 0.2) is 5.76 Å². The summed E-state index contributed by atoms with van der Waals surface area (Å²) in [4.78, 5) is 27.9. The van der Waals surface area contributed by atoms with Gasteiger partial charge in [0.2, 0.25) is 0 Å². The number of nitrogens with zero attached hydrogens (tertiary/aromatic N) is 2. The van der Waals surface area contributed by atoms with E-state index in [9.17, 15) is 9.59 Å². The van der Waals surface area contributed by atoms with Gasteiger partial charge in [-0.25, -0.2) is 4.79 Å². The fourth-order valence-electron chi connectivity index (χ4n) is 3.56. The monoisotopic (exact) mass is 476 g/mol. The molecule has 0 aliphatic rings. The van der Waals surface area contributed by atoms with Crippen LogP contribution in [0, 0.1) is 6.92 Å². The maximum atomic E-state index is 12.7. The molecule has 34 heavy (non-hydrogen) atoms. The third-order valence-corrected chi connectivity index (χ3v) is 5.75. The zero-order valence-corrected chi connectivity index (χ0v) is 19.2. The summed E-state index contributed by atoms with van der Waals surface area (Å²) in [6.45, 7) is 3.55. The normalized spacial score (nSPS) is 11.7. The molecule has 4 aromatic rings. The number of pyridine rings is 1. The Hall–Kier alpha value is -3.97. The molecule has 2 aromatic carbocycles. The summed E-state index contributed by atoms with van der Waals surface area (Å²) in [5.74, 6) is -0.956. The second-order valence-corrected chi connectivity index (χ2v) is 8.13. The van der Waals surface area contributed by atoms with E-state index in [0.717, 1.165) is 16.7 Å². The number of carbonyl (C=O) groups excluding carboxylic acids is 1. The third-order valence-electron chi connectivity index (χ3n) is 5.41. The number of hydrogen-bond donors (Lipinski definition) is 1. The van der Waals surface area contributed by atoms with Crippen molar-refractivity contribution in [1.29, 1.82) is 0 Å². The minimum absolute atomic E-state index is 0.000579. The van der Waals surface area contributed by atoms with E-state index in [4.69, 9.17) is 26.0 Å². The molecular weight excluding hydrogens is 456 g/mol. The largest absolute Gasteiger partial charge is 0.478 e. The van der Waals surface area contributed by atoms with Crippen molar-refractivity contribution in [3.05, 3.63) is 94.3 Å². The molecule has 0 aliphatic heterocycles. The van der Waals surface area contributed by atoms with Crippen molar-refractivity contribution in [3.8, 4) is 22.6 Å². The van der Waals surface area contributed by atoms with Crippen LogP contribution in [0.2, 0.25) is 5.02 Å². The van der Waals surface area contributed by atoms with Crippen molar-refractivity contribution in [1.82, 2.24) is 10.1 Å². The average molecular weight is 477 g/mol. The van der Waals surface area contributed by atoms with Crippen LogP contribution in [0.25, 0.3) is 22.6 Å². The van der Waals surface area contributed by atoms with Crippen molar-refractivity contribution in [2.75, 3.05) is 0 Å². The minimum Gasteiger partial charge on any atom is -0.478 e. The summed E-state index contributed by atoms with van der Waals surface area (Å²) >= 11 is 6.21. The number of aromatic nitrogens is 2. The molecule has 0 bridgehead atoms. The topological polar surface area (TPSA) is 103 Å². The number of ether oxygens (including phenoxy) is 1. The second-order valence-electron chi connectivity index (χ2n) is 7.72. The Morgan fingerprint density at radius 3 is 2.41 bits per heavy atom. The number of rotatable bonds is 7. The lowest BCUT2D eigenvalue weighted by atomic mass is 10.0. The van der Waals surface area contributed by atoms with Crippen LogP contribution < -0.4 is 0 Å². The molecular formula is C26H21ClN2O5. The van der Waals surface area contributed by atoms with E-state index in [-0.39, 0.29) is 12.0 Å². The van der Waals surface area contributed by atoms with Gasteiger partial charge in [0, 0.05) is 33.5 Å². The van der Waals surface area contributed by atoms with E-state index >= 15 is 0 Å². The number of benzene rings is 2. The van der Waals surface area contributed by atoms with Crippen molar-refractivity contribution in [3.63, 3.8) is 0 Å². The molecule has 0 spiro atoms. The van der Waals surface area contributed by atoms with Gasteiger partial charge in [0.05, 0.1) is 23.4 Å². The zero-order valence-electron chi connectivity index (χ0n) is 18.5. The molecule has 0 amide bonds. The molecule has 1 N–H and O–H groups in total. The average Bonchev–Trinajstić information content (AvgIpc) is 3.19. The Labute approximate surface area is 201 Å². The van der Waals surface area contributed by atoms with Gasteiger partial charge in [-0.3, -0.25) is 9.78 Å². The van der Waals surface area contributed by atoms with Crippen LogP contribution in [-0.4, -0.2) is 27.2 Å². The van der Waals surface area contributed by atoms with E-state index < -0.39 is 18.0 Å². The number of halogens is 1. The summed E-state index contributed by atoms with van der Waals surface area (Å²) in [5.41, 5.74) is 4.31. The van der Waals surface area contributed by atoms with Crippen LogP contribution in [-0.2, 0) is 16.0 Å². The number of esters is 1. The number of carboxylic acids is 1. The van der Waals surface area contributed by atoms with Crippen molar-refractivity contribution in [2.24, 2.45) is 0 Å². The number of carboxylic acid groups (broad SMARTS) is 1. The van der Waals surface area contributed by atoms with Gasteiger partial charge in [-0.1, -0.05) is 59.2 Å². The van der Waals surface area contributed by atoms with Gasteiger partial charge in [0.25, 0.3) is 0 Å². The molecule has 0 saturated carbocycles. The lowest BCUT2D eigenvalue weighted by Crippen LogP contribution is -2.12. The minimum atomic E-state index is -1.03. The van der Waals surface area contributed by atoms with Crippen molar-refractivity contribution in [2.45, 2.75) is 26.4 Å². The molecule has 2 aromatic heterocycles. The van der Waals surface area contributed by atoms with E-state index in [2.05, 4.69) is 10.1 Å². The highest BCUT2D eigenvalue weighted by molar-refractivity contribution is 6.31. The molecule has 8 heteroatoms. The van der Waals surface area contributed by atoms with Crippen LogP contribution in [0.5, 0.6) is 0 Å². The van der Waals surface area contributed by atoms with E-state index in [1.165, 1.54) is 12.3 Å². The second kappa shape index (κ2) is 9.89. The lowest BCUT2D eigenvalue weighted by molar-refractivity contribution is -0.147. The third kappa shape index (κ3) is 5.00. The van der Waals surface area contributed by atoms with Gasteiger partial charge < -0.3 is 14.4 Å². The quantitative estimate of drug-likeness (QED) is 0.331. The van der Waals surface area contributed by atoms with Crippen LogP contribution in [0.4, 0.5) is 0 Å². The van der Waals surface area contributed by atoms with Gasteiger partial charge in [-0.05, 0) is 32.0 Å². The highest BCUT2D eigenvalue weighted by Gasteiger charge is 2.21. The van der Waals surface area contributed by atoms with Crippen LogP contribution in [0.15, 0.2) is 71.4 Å². The molecule has 0 saturated heterocycles. The first kappa shape index (κ1) is 23.2. The Kier molecular flexibility index (Phi) is 6.75. The lowest BCUT2D eigenvalue weighted by Gasteiger charge is -2.15. The zero-order chi connectivity index (χ0) is 24.2. The van der Waals surface area contributed by atoms with E-state index in [0.29, 0.717) is 27.7 Å². The summed E-state index contributed by atoms with van der Waals surface area (Å²) in [7, 11) is 0. The van der Waals surface area contributed by atoms with Gasteiger partial charge in [0.1, 0.15) is 6.10 Å². The standard InChI is InChI=1S/C26H21ClN2O5/c1-15-21(13-24(30)33-16(2)20-5-3-4-6-22(20)27)25(34-29-15)18-9-7-17(8-10-18)23-12-11-19(14-28-23)26(31)32/h3-12,14,16H,13H2,1-2H3,(H,31,32). The van der Waals surface area contributed by atoms with Gasteiger partial charge in [-0.15, -0.1) is 0 Å².